The van der Waals surface area contributed by atoms with Crippen molar-refractivity contribution in [3.63, 3.8) is 0 Å². The molecule has 0 bridgehead atoms. The van der Waals surface area contributed by atoms with E-state index >= 15 is 0 Å². The lowest BCUT2D eigenvalue weighted by Gasteiger charge is -2.05. The average molecular weight is 329 g/mol. The largest absolute Gasteiger partial charge is 0.334 e. The molecule has 1 N–H and O–H groups in total. The Kier molecular flexibility index (Phi) is 4.29. The van der Waals surface area contributed by atoms with Crippen LogP contribution in [-0.4, -0.2) is 42.9 Å². The predicted molar refractivity (Wildman–Crippen MR) is 83.5 cm³/mol. The molecule has 0 aliphatic heterocycles. The van der Waals surface area contributed by atoms with Crippen LogP contribution in [0.5, 0.6) is 0 Å². The lowest BCUT2D eigenvalue weighted by atomic mass is 10.1. The number of nitro groups is 1. The summed E-state index contributed by atoms with van der Waals surface area (Å²) in [6, 6.07) is 4.82. The number of benzene rings is 1. The third-order valence-electron chi connectivity index (χ3n) is 3.53. The molecule has 10 heteroatoms. The van der Waals surface area contributed by atoms with Gasteiger partial charge >= 0.3 is 0 Å². The summed E-state index contributed by atoms with van der Waals surface area (Å²) in [5.41, 5.74) is 0.660. The Labute approximate surface area is 136 Å². The van der Waals surface area contributed by atoms with Gasteiger partial charge in [-0.1, -0.05) is 5.16 Å². The second kappa shape index (κ2) is 6.54. The fraction of sp³-hybridized carbons (Fsp3) is 0.286. The van der Waals surface area contributed by atoms with E-state index in [1.165, 1.54) is 23.4 Å². The van der Waals surface area contributed by atoms with E-state index in [0.29, 0.717) is 23.5 Å². The van der Waals surface area contributed by atoms with Crippen molar-refractivity contribution < 1.29 is 9.45 Å². The van der Waals surface area contributed by atoms with E-state index in [4.69, 9.17) is 4.52 Å². The van der Waals surface area contributed by atoms with Gasteiger partial charge in [0.1, 0.15) is 18.3 Å². The summed E-state index contributed by atoms with van der Waals surface area (Å²) in [7, 11) is 1.85. The zero-order chi connectivity index (χ0) is 17.1. The maximum atomic E-state index is 11.4. The second-order valence-corrected chi connectivity index (χ2v) is 5.21. The van der Waals surface area contributed by atoms with Gasteiger partial charge in [-0.15, -0.1) is 0 Å². The SMILES string of the molecule is CNC(C)Cc1noc(-c2ccc(-n3cncn3)c([N+](=O)[O-])c2)n1. The van der Waals surface area contributed by atoms with E-state index in [0.717, 1.165) is 0 Å². The number of nitrogens with zero attached hydrogens (tertiary/aromatic N) is 6. The average Bonchev–Trinajstić information content (AvgIpc) is 3.26. The van der Waals surface area contributed by atoms with Crippen molar-refractivity contribution in [2.24, 2.45) is 0 Å². The molecule has 0 spiro atoms. The van der Waals surface area contributed by atoms with Crippen LogP contribution in [-0.2, 0) is 6.42 Å². The molecule has 10 nitrogen and oxygen atoms in total. The monoisotopic (exact) mass is 329 g/mol. The molecule has 0 aliphatic carbocycles. The summed E-state index contributed by atoms with van der Waals surface area (Å²) in [5, 5.41) is 22.3. The summed E-state index contributed by atoms with van der Waals surface area (Å²) in [6.07, 6.45) is 3.30. The quantitative estimate of drug-likeness (QED) is 0.531. The van der Waals surface area contributed by atoms with Crippen molar-refractivity contribution in [1.29, 1.82) is 0 Å². The van der Waals surface area contributed by atoms with Crippen molar-refractivity contribution in [2.75, 3.05) is 7.05 Å². The zero-order valence-corrected chi connectivity index (χ0v) is 13.1. The minimum Gasteiger partial charge on any atom is -0.334 e. The van der Waals surface area contributed by atoms with Crippen LogP contribution in [0, 0.1) is 10.1 Å². The minimum atomic E-state index is -0.485. The molecular weight excluding hydrogens is 314 g/mol. The minimum absolute atomic E-state index is 0.124. The number of nitrogens with one attached hydrogen (secondary N) is 1. The van der Waals surface area contributed by atoms with Crippen LogP contribution >= 0.6 is 0 Å². The molecule has 24 heavy (non-hydrogen) atoms. The second-order valence-electron chi connectivity index (χ2n) is 5.21. The van der Waals surface area contributed by atoms with E-state index in [1.54, 1.807) is 12.1 Å². The lowest BCUT2D eigenvalue weighted by molar-refractivity contribution is -0.384. The lowest BCUT2D eigenvalue weighted by Crippen LogP contribution is -2.24. The van der Waals surface area contributed by atoms with Crippen molar-refractivity contribution in [3.05, 3.63) is 46.8 Å². The molecule has 124 valence electrons. The Bertz CT molecular complexity index is 844. The topological polar surface area (TPSA) is 125 Å². The summed E-state index contributed by atoms with van der Waals surface area (Å²) >= 11 is 0. The van der Waals surface area contributed by atoms with Crippen LogP contribution in [0.2, 0.25) is 0 Å². The van der Waals surface area contributed by atoms with Gasteiger partial charge in [0.2, 0.25) is 0 Å². The van der Waals surface area contributed by atoms with Crippen molar-refractivity contribution >= 4 is 5.69 Å². The number of hydrogen-bond acceptors (Lipinski definition) is 8. The Balaban J connectivity index is 1.95. The number of likely N-dealkylation sites (N-methyl/N-ethyl adjacent to an activating group) is 1. The third kappa shape index (κ3) is 3.13. The molecule has 0 saturated carbocycles. The molecule has 2 heterocycles. The standard InChI is InChI=1S/C14H15N7O3/c1-9(15-2)5-13-18-14(24-19-13)10-3-4-11(12(6-10)21(22)23)20-8-16-7-17-20/h3-4,6-9,15H,5H2,1-2H3. The highest BCUT2D eigenvalue weighted by molar-refractivity contribution is 5.64. The van der Waals surface area contributed by atoms with Crippen molar-refractivity contribution in [1.82, 2.24) is 30.2 Å². The first-order chi connectivity index (χ1) is 11.6. The molecule has 0 radical (unpaired) electrons. The highest BCUT2D eigenvalue weighted by Crippen LogP contribution is 2.28. The Morgan fingerprint density at radius 2 is 2.29 bits per heavy atom. The molecule has 0 fully saturated rings. The van der Waals surface area contributed by atoms with E-state index in [-0.39, 0.29) is 17.6 Å². The Hall–Kier alpha value is -3.14. The molecule has 1 atom stereocenters. The van der Waals surface area contributed by atoms with Crippen LogP contribution in [0.15, 0.2) is 35.4 Å². The molecule has 0 amide bonds. The van der Waals surface area contributed by atoms with Gasteiger partial charge in [-0.2, -0.15) is 10.1 Å². The summed E-state index contributed by atoms with van der Waals surface area (Å²) in [5.74, 6) is 0.774. The molecule has 1 aromatic carbocycles. The summed E-state index contributed by atoms with van der Waals surface area (Å²) < 4.78 is 6.54. The van der Waals surface area contributed by atoms with Crippen LogP contribution in [0.3, 0.4) is 0 Å². The molecule has 3 aromatic rings. The van der Waals surface area contributed by atoms with Gasteiger partial charge < -0.3 is 9.84 Å². The molecule has 3 rings (SSSR count). The number of rotatable bonds is 6. The maximum Gasteiger partial charge on any atom is 0.295 e. The van der Waals surface area contributed by atoms with E-state index < -0.39 is 4.92 Å². The first-order valence-electron chi connectivity index (χ1n) is 7.22. The van der Waals surface area contributed by atoms with E-state index in [1.807, 2.05) is 14.0 Å². The normalized spacial score (nSPS) is 12.2. The Morgan fingerprint density at radius 1 is 1.46 bits per heavy atom. The molecular formula is C14H15N7O3. The molecule has 0 saturated heterocycles. The fourth-order valence-corrected chi connectivity index (χ4v) is 2.16. The third-order valence-corrected chi connectivity index (χ3v) is 3.53. The number of hydrogen-bond donors (Lipinski definition) is 1. The van der Waals surface area contributed by atoms with Gasteiger partial charge in [-0.05, 0) is 26.1 Å². The predicted octanol–water partition coefficient (Wildman–Crippen LogP) is 1.38. The first kappa shape index (κ1) is 15.7. The first-order valence-corrected chi connectivity index (χ1v) is 7.22. The van der Waals surface area contributed by atoms with Crippen LogP contribution in [0.1, 0.15) is 12.7 Å². The van der Waals surface area contributed by atoms with Gasteiger partial charge in [0, 0.05) is 24.1 Å². The van der Waals surface area contributed by atoms with Gasteiger partial charge in [0.25, 0.3) is 11.6 Å². The molecule has 1 unspecified atom stereocenters. The number of nitro benzene ring substituents is 1. The van der Waals surface area contributed by atoms with Gasteiger partial charge in [-0.3, -0.25) is 10.1 Å². The van der Waals surface area contributed by atoms with E-state index in [2.05, 4.69) is 25.5 Å². The highest BCUT2D eigenvalue weighted by atomic mass is 16.6. The summed E-state index contributed by atoms with van der Waals surface area (Å²) in [6.45, 7) is 1.99. The van der Waals surface area contributed by atoms with Crippen LogP contribution < -0.4 is 5.32 Å². The smallest absolute Gasteiger partial charge is 0.295 e. The molecule has 0 aliphatic rings. The summed E-state index contributed by atoms with van der Waals surface area (Å²) in [4.78, 5) is 19.0. The molecule has 2 aromatic heterocycles. The number of aromatic nitrogens is 5. The maximum absolute atomic E-state index is 11.4. The highest BCUT2D eigenvalue weighted by Gasteiger charge is 2.20. The zero-order valence-electron chi connectivity index (χ0n) is 13.1. The van der Waals surface area contributed by atoms with Crippen molar-refractivity contribution in [2.45, 2.75) is 19.4 Å². The van der Waals surface area contributed by atoms with E-state index in [9.17, 15) is 10.1 Å². The van der Waals surface area contributed by atoms with Crippen molar-refractivity contribution in [3.8, 4) is 17.1 Å². The van der Waals surface area contributed by atoms with Gasteiger partial charge in [-0.25, -0.2) is 9.67 Å². The van der Waals surface area contributed by atoms with Crippen LogP contribution in [0.4, 0.5) is 5.69 Å². The van der Waals surface area contributed by atoms with Gasteiger partial charge in [0.15, 0.2) is 5.82 Å². The van der Waals surface area contributed by atoms with Crippen LogP contribution in [0.25, 0.3) is 17.1 Å². The fourth-order valence-electron chi connectivity index (χ4n) is 2.16. The Morgan fingerprint density at radius 3 is 2.96 bits per heavy atom. The van der Waals surface area contributed by atoms with Gasteiger partial charge in [0.05, 0.1) is 4.92 Å².